The van der Waals surface area contributed by atoms with Crippen molar-refractivity contribution in [3.63, 3.8) is 0 Å². The van der Waals surface area contributed by atoms with Gasteiger partial charge in [0, 0.05) is 12.1 Å². The van der Waals surface area contributed by atoms with Gasteiger partial charge in [-0.1, -0.05) is 11.6 Å². The lowest BCUT2D eigenvalue weighted by molar-refractivity contribution is -0.137. The summed E-state index contributed by atoms with van der Waals surface area (Å²) in [4.78, 5) is 22.0. The third kappa shape index (κ3) is 4.43. The highest BCUT2D eigenvalue weighted by Crippen LogP contribution is 2.29. The number of aromatic nitrogens is 2. The molecule has 0 aliphatic carbocycles. The quantitative estimate of drug-likeness (QED) is 0.805. The van der Waals surface area contributed by atoms with Crippen molar-refractivity contribution < 1.29 is 22.7 Å². The van der Waals surface area contributed by atoms with Crippen LogP contribution in [0.3, 0.4) is 0 Å². The highest BCUT2D eigenvalue weighted by Gasteiger charge is 2.31. The zero-order valence-electron chi connectivity index (χ0n) is 13.5. The Labute approximate surface area is 152 Å². The van der Waals surface area contributed by atoms with E-state index in [-0.39, 0.29) is 23.6 Å². The van der Waals surface area contributed by atoms with Crippen LogP contribution in [0, 0.1) is 0 Å². The number of carbonyl (C=O) groups excluding carboxylic acids is 1. The van der Waals surface area contributed by atoms with E-state index in [2.05, 4.69) is 9.97 Å². The molecule has 1 aromatic carbocycles. The molecule has 1 aliphatic rings. The van der Waals surface area contributed by atoms with Crippen LogP contribution in [0.4, 0.5) is 13.2 Å². The molecule has 0 unspecified atom stereocenters. The van der Waals surface area contributed by atoms with Crippen molar-refractivity contribution in [2.24, 2.45) is 0 Å². The van der Waals surface area contributed by atoms with Crippen LogP contribution in [0.25, 0.3) is 0 Å². The summed E-state index contributed by atoms with van der Waals surface area (Å²) in [6.07, 6.45) is -0.448. The monoisotopic (exact) mass is 385 g/mol. The summed E-state index contributed by atoms with van der Waals surface area (Å²) in [5.74, 6) is -0.330. The lowest BCUT2D eigenvalue weighted by Crippen LogP contribution is -2.44. The van der Waals surface area contributed by atoms with Crippen molar-refractivity contribution in [2.75, 3.05) is 13.1 Å². The van der Waals surface area contributed by atoms with E-state index in [4.69, 9.17) is 16.3 Å². The number of benzene rings is 1. The van der Waals surface area contributed by atoms with Crippen molar-refractivity contribution in [3.05, 3.63) is 52.8 Å². The Balaban J connectivity index is 1.65. The number of hydrogen-bond donors (Lipinski definition) is 0. The SMILES string of the molecule is O=C(c1ccc(C(F)(F)F)cc1)N1CCC[C@@H](Oc2ncc(Cl)cn2)C1. The van der Waals surface area contributed by atoms with Gasteiger partial charge in [-0.25, -0.2) is 9.97 Å². The first-order chi connectivity index (χ1) is 12.3. The van der Waals surface area contributed by atoms with Crippen molar-refractivity contribution in [1.82, 2.24) is 14.9 Å². The van der Waals surface area contributed by atoms with E-state index in [1.54, 1.807) is 4.90 Å². The molecular formula is C17H15ClF3N3O2. The highest BCUT2D eigenvalue weighted by molar-refractivity contribution is 6.30. The molecule has 1 amide bonds. The maximum absolute atomic E-state index is 12.6. The minimum absolute atomic E-state index is 0.170. The molecule has 1 atom stereocenters. The molecule has 0 radical (unpaired) electrons. The second-order valence-electron chi connectivity index (χ2n) is 5.89. The minimum Gasteiger partial charge on any atom is -0.458 e. The largest absolute Gasteiger partial charge is 0.458 e. The second kappa shape index (κ2) is 7.49. The molecule has 5 nitrogen and oxygen atoms in total. The molecule has 2 heterocycles. The van der Waals surface area contributed by atoms with Gasteiger partial charge in [-0.3, -0.25) is 4.79 Å². The first-order valence-electron chi connectivity index (χ1n) is 7.93. The van der Waals surface area contributed by atoms with Gasteiger partial charge in [-0.05, 0) is 37.1 Å². The zero-order chi connectivity index (χ0) is 18.7. The molecule has 1 saturated heterocycles. The maximum Gasteiger partial charge on any atom is 0.416 e. The number of hydrogen-bond acceptors (Lipinski definition) is 4. The van der Waals surface area contributed by atoms with E-state index in [9.17, 15) is 18.0 Å². The fourth-order valence-corrected chi connectivity index (χ4v) is 2.81. The number of alkyl halides is 3. The summed E-state index contributed by atoms with van der Waals surface area (Å²) in [5, 5.41) is 0.389. The van der Waals surface area contributed by atoms with Gasteiger partial charge < -0.3 is 9.64 Å². The van der Waals surface area contributed by atoms with Gasteiger partial charge in [0.1, 0.15) is 6.10 Å². The number of halogens is 4. The van der Waals surface area contributed by atoms with Crippen molar-refractivity contribution >= 4 is 17.5 Å². The van der Waals surface area contributed by atoms with Crippen molar-refractivity contribution in [3.8, 4) is 6.01 Å². The number of rotatable bonds is 3. The Kier molecular flexibility index (Phi) is 5.31. The molecule has 3 rings (SSSR count). The van der Waals surface area contributed by atoms with Crippen LogP contribution < -0.4 is 4.74 Å². The molecule has 0 N–H and O–H groups in total. The fraction of sp³-hybridized carbons (Fsp3) is 0.353. The molecule has 0 saturated carbocycles. The van der Waals surface area contributed by atoms with Crippen LogP contribution in [-0.4, -0.2) is 40.0 Å². The number of amides is 1. The van der Waals surface area contributed by atoms with Gasteiger partial charge in [-0.15, -0.1) is 0 Å². The third-order valence-corrected chi connectivity index (χ3v) is 4.19. The predicted molar refractivity (Wildman–Crippen MR) is 88.0 cm³/mol. The topological polar surface area (TPSA) is 55.3 Å². The van der Waals surface area contributed by atoms with E-state index in [1.807, 2.05) is 0 Å². The average molecular weight is 386 g/mol. The van der Waals surface area contributed by atoms with Crippen LogP contribution in [0.1, 0.15) is 28.8 Å². The highest BCUT2D eigenvalue weighted by atomic mass is 35.5. The molecule has 26 heavy (non-hydrogen) atoms. The molecule has 9 heteroatoms. The van der Waals surface area contributed by atoms with Gasteiger partial charge in [0.2, 0.25) is 0 Å². The maximum atomic E-state index is 12.6. The first-order valence-corrected chi connectivity index (χ1v) is 8.31. The van der Waals surface area contributed by atoms with Gasteiger partial charge in [0.05, 0.1) is 29.5 Å². The van der Waals surface area contributed by atoms with E-state index >= 15 is 0 Å². The molecule has 0 spiro atoms. The number of carbonyl (C=O) groups is 1. The Hall–Kier alpha value is -2.35. The number of ether oxygens (including phenoxy) is 1. The van der Waals surface area contributed by atoms with E-state index in [1.165, 1.54) is 24.5 Å². The Morgan fingerprint density at radius 3 is 2.46 bits per heavy atom. The summed E-state index contributed by atoms with van der Waals surface area (Å²) in [5.41, 5.74) is -0.574. The molecule has 138 valence electrons. The summed E-state index contributed by atoms with van der Waals surface area (Å²) in [7, 11) is 0. The molecule has 2 aromatic rings. The number of likely N-dealkylation sites (tertiary alicyclic amines) is 1. The van der Waals surface area contributed by atoms with E-state index in [0.29, 0.717) is 24.5 Å². The smallest absolute Gasteiger partial charge is 0.416 e. The summed E-state index contributed by atoms with van der Waals surface area (Å²) >= 11 is 5.72. The zero-order valence-corrected chi connectivity index (χ0v) is 14.3. The molecule has 0 bridgehead atoms. The van der Waals surface area contributed by atoms with Crippen LogP contribution in [0.5, 0.6) is 6.01 Å². The minimum atomic E-state index is -4.43. The third-order valence-electron chi connectivity index (χ3n) is 3.99. The van der Waals surface area contributed by atoms with E-state index < -0.39 is 11.7 Å². The normalized spacial score (nSPS) is 17.8. The summed E-state index contributed by atoms with van der Waals surface area (Å²) in [6.45, 7) is 0.826. The summed E-state index contributed by atoms with van der Waals surface area (Å²) in [6, 6.07) is 4.37. The predicted octanol–water partition coefficient (Wildman–Crippen LogP) is 3.83. The fourth-order valence-electron chi connectivity index (χ4n) is 2.71. The lowest BCUT2D eigenvalue weighted by atomic mass is 10.1. The van der Waals surface area contributed by atoms with Crippen molar-refractivity contribution in [1.29, 1.82) is 0 Å². The Morgan fingerprint density at radius 1 is 1.19 bits per heavy atom. The molecule has 1 aromatic heterocycles. The van der Waals surface area contributed by atoms with E-state index in [0.717, 1.165) is 18.6 Å². The van der Waals surface area contributed by atoms with Gasteiger partial charge in [-0.2, -0.15) is 13.2 Å². The second-order valence-corrected chi connectivity index (χ2v) is 6.33. The summed E-state index contributed by atoms with van der Waals surface area (Å²) < 4.78 is 43.5. The number of nitrogens with zero attached hydrogens (tertiary/aromatic N) is 3. The van der Waals surface area contributed by atoms with Crippen LogP contribution in [0.15, 0.2) is 36.7 Å². The van der Waals surface area contributed by atoms with Crippen molar-refractivity contribution in [2.45, 2.75) is 25.1 Å². The van der Waals surface area contributed by atoms with Gasteiger partial charge >= 0.3 is 12.2 Å². The van der Waals surface area contributed by atoms with Gasteiger partial charge in [0.15, 0.2) is 0 Å². The molecule has 1 aliphatic heterocycles. The van der Waals surface area contributed by atoms with Gasteiger partial charge in [0.25, 0.3) is 5.91 Å². The van der Waals surface area contributed by atoms with Crippen LogP contribution >= 0.6 is 11.6 Å². The standard InChI is InChI=1S/C17H15ClF3N3O2/c18-13-8-22-16(23-9-13)26-14-2-1-7-24(10-14)15(25)11-3-5-12(6-4-11)17(19,20)21/h3-6,8-9,14H,1-2,7,10H2/t14-/m1/s1. The van der Waals surface area contributed by atoms with Crippen LogP contribution in [-0.2, 0) is 6.18 Å². The lowest BCUT2D eigenvalue weighted by Gasteiger charge is -2.32. The first kappa shape index (κ1) is 18.4. The molecule has 1 fully saturated rings. The number of piperidine rings is 1. The van der Waals surface area contributed by atoms with Crippen LogP contribution in [0.2, 0.25) is 5.02 Å². The Bertz CT molecular complexity index is 766. The average Bonchev–Trinajstić information content (AvgIpc) is 2.63. The molecular weight excluding hydrogens is 371 g/mol. The Morgan fingerprint density at radius 2 is 1.85 bits per heavy atom.